The highest BCUT2D eigenvalue weighted by atomic mass is 16.4. The number of rotatable bonds is 4. The molecule has 1 heterocycles. The Morgan fingerprint density at radius 3 is 2.62 bits per heavy atom. The molecule has 3 aromatic rings. The van der Waals surface area contributed by atoms with Crippen molar-refractivity contribution in [1.29, 1.82) is 0 Å². The summed E-state index contributed by atoms with van der Waals surface area (Å²) in [7, 11) is 0. The summed E-state index contributed by atoms with van der Waals surface area (Å²) in [6.07, 6.45) is 2.67. The quantitative estimate of drug-likeness (QED) is 0.768. The third kappa shape index (κ3) is 2.81. The fourth-order valence-corrected chi connectivity index (χ4v) is 2.16. The first-order valence-electron chi connectivity index (χ1n) is 6.50. The summed E-state index contributed by atoms with van der Waals surface area (Å²) in [5.41, 5.74) is 1.09. The molecule has 104 valence electrons. The van der Waals surface area contributed by atoms with E-state index >= 15 is 0 Å². The molecule has 0 aliphatic carbocycles. The molecule has 5 nitrogen and oxygen atoms in total. The van der Waals surface area contributed by atoms with Crippen molar-refractivity contribution in [3.63, 3.8) is 0 Å². The van der Waals surface area contributed by atoms with E-state index in [0.717, 1.165) is 5.56 Å². The van der Waals surface area contributed by atoms with Gasteiger partial charge in [-0.15, -0.1) is 0 Å². The van der Waals surface area contributed by atoms with E-state index < -0.39 is 5.97 Å². The standard InChI is InChI=1S/C16H13N3O2/c20-16(21)14-9-19-15(10-17-14)18-8-12-6-3-5-11-4-1-2-7-13(11)12/h1-7,9-10H,8H2,(H,18,19)(H,20,21). The summed E-state index contributed by atoms with van der Waals surface area (Å²) >= 11 is 0. The van der Waals surface area contributed by atoms with Crippen LogP contribution < -0.4 is 5.32 Å². The van der Waals surface area contributed by atoms with Gasteiger partial charge in [0.2, 0.25) is 0 Å². The highest BCUT2D eigenvalue weighted by molar-refractivity contribution is 5.86. The van der Waals surface area contributed by atoms with Crippen molar-refractivity contribution in [3.8, 4) is 0 Å². The van der Waals surface area contributed by atoms with E-state index in [1.54, 1.807) is 0 Å². The minimum Gasteiger partial charge on any atom is -0.476 e. The van der Waals surface area contributed by atoms with E-state index in [1.807, 2.05) is 24.3 Å². The molecule has 0 atom stereocenters. The highest BCUT2D eigenvalue weighted by Gasteiger charge is 2.05. The summed E-state index contributed by atoms with van der Waals surface area (Å²) in [6.45, 7) is 0.600. The van der Waals surface area contributed by atoms with Crippen molar-refractivity contribution in [2.45, 2.75) is 6.54 Å². The smallest absolute Gasteiger partial charge is 0.356 e. The van der Waals surface area contributed by atoms with Crippen molar-refractivity contribution >= 4 is 22.6 Å². The van der Waals surface area contributed by atoms with Crippen molar-refractivity contribution in [2.75, 3.05) is 5.32 Å². The van der Waals surface area contributed by atoms with E-state index in [2.05, 4.69) is 33.5 Å². The maximum absolute atomic E-state index is 10.7. The molecule has 5 heteroatoms. The van der Waals surface area contributed by atoms with Gasteiger partial charge in [0.1, 0.15) is 5.82 Å². The van der Waals surface area contributed by atoms with Gasteiger partial charge < -0.3 is 10.4 Å². The fourth-order valence-electron chi connectivity index (χ4n) is 2.16. The lowest BCUT2D eigenvalue weighted by atomic mass is 10.0. The topological polar surface area (TPSA) is 75.1 Å². The van der Waals surface area contributed by atoms with E-state index in [9.17, 15) is 4.79 Å². The van der Waals surface area contributed by atoms with Crippen LogP contribution in [0.5, 0.6) is 0 Å². The predicted molar refractivity (Wildman–Crippen MR) is 80.3 cm³/mol. The molecule has 2 aromatic carbocycles. The molecule has 0 amide bonds. The number of nitrogens with one attached hydrogen (secondary N) is 1. The lowest BCUT2D eigenvalue weighted by Gasteiger charge is -2.08. The molecule has 2 N–H and O–H groups in total. The van der Waals surface area contributed by atoms with Crippen LogP contribution in [-0.4, -0.2) is 21.0 Å². The van der Waals surface area contributed by atoms with Crippen molar-refractivity contribution < 1.29 is 9.90 Å². The molecule has 0 fully saturated rings. The summed E-state index contributed by atoms with van der Waals surface area (Å²) < 4.78 is 0. The number of carboxylic acid groups (broad SMARTS) is 1. The van der Waals surface area contributed by atoms with E-state index in [4.69, 9.17) is 5.11 Å². The third-order valence-corrected chi connectivity index (χ3v) is 3.21. The first-order chi connectivity index (χ1) is 10.2. The number of aromatic carboxylic acids is 1. The zero-order valence-corrected chi connectivity index (χ0v) is 11.2. The monoisotopic (exact) mass is 279 g/mol. The Labute approximate surface area is 121 Å². The van der Waals surface area contributed by atoms with Gasteiger partial charge in [-0.25, -0.2) is 14.8 Å². The van der Waals surface area contributed by atoms with E-state index in [1.165, 1.54) is 23.2 Å². The molecule has 0 unspecified atom stereocenters. The molecule has 0 saturated carbocycles. The molecule has 0 radical (unpaired) electrons. The lowest BCUT2D eigenvalue weighted by molar-refractivity contribution is 0.0690. The van der Waals surface area contributed by atoms with Crippen LogP contribution in [0, 0.1) is 0 Å². The molecule has 3 rings (SSSR count). The molecule has 0 spiro atoms. The number of nitrogens with zero attached hydrogens (tertiary/aromatic N) is 2. The Hall–Kier alpha value is -2.95. The minimum atomic E-state index is -1.08. The second-order valence-corrected chi connectivity index (χ2v) is 4.58. The van der Waals surface area contributed by atoms with Gasteiger partial charge in [0.15, 0.2) is 5.69 Å². The van der Waals surface area contributed by atoms with Gasteiger partial charge in [0.25, 0.3) is 0 Å². The number of aromatic nitrogens is 2. The molecule has 1 aromatic heterocycles. The minimum absolute atomic E-state index is 0.0642. The van der Waals surface area contributed by atoms with Gasteiger partial charge in [-0.3, -0.25) is 0 Å². The first-order valence-corrected chi connectivity index (χ1v) is 6.50. The van der Waals surface area contributed by atoms with E-state index in [0.29, 0.717) is 12.4 Å². The Morgan fingerprint density at radius 1 is 1.05 bits per heavy atom. The molecule has 0 saturated heterocycles. The summed E-state index contributed by atoms with van der Waals surface area (Å²) in [4.78, 5) is 18.6. The second kappa shape index (κ2) is 5.58. The van der Waals surface area contributed by atoms with Gasteiger partial charge in [-0.2, -0.15) is 0 Å². The zero-order valence-electron chi connectivity index (χ0n) is 11.2. The van der Waals surface area contributed by atoms with Crippen LogP contribution in [0.2, 0.25) is 0 Å². The maximum atomic E-state index is 10.7. The van der Waals surface area contributed by atoms with Crippen LogP contribution in [-0.2, 0) is 6.54 Å². The second-order valence-electron chi connectivity index (χ2n) is 4.58. The average molecular weight is 279 g/mol. The number of fused-ring (bicyclic) bond motifs is 1. The molecular formula is C16H13N3O2. The van der Waals surface area contributed by atoms with Gasteiger partial charge in [-0.1, -0.05) is 42.5 Å². The van der Waals surface area contributed by atoms with Gasteiger partial charge >= 0.3 is 5.97 Å². The Balaban J connectivity index is 1.79. The Bertz CT molecular complexity index is 780. The van der Waals surface area contributed by atoms with Gasteiger partial charge in [-0.05, 0) is 16.3 Å². The summed E-state index contributed by atoms with van der Waals surface area (Å²) in [5, 5.41) is 14.3. The van der Waals surface area contributed by atoms with Gasteiger partial charge in [0.05, 0.1) is 12.4 Å². The number of anilines is 1. The van der Waals surface area contributed by atoms with Crippen molar-refractivity contribution in [1.82, 2.24) is 9.97 Å². The average Bonchev–Trinajstić information content (AvgIpc) is 2.53. The highest BCUT2D eigenvalue weighted by Crippen LogP contribution is 2.19. The normalized spacial score (nSPS) is 10.5. The lowest BCUT2D eigenvalue weighted by Crippen LogP contribution is -2.05. The van der Waals surface area contributed by atoms with Crippen LogP contribution in [0.3, 0.4) is 0 Å². The molecule has 0 aliphatic rings. The SMILES string of the molecule is O=C(O)c1cnc(NCc2cccc3ccccc23)cn1. The summed E-state index contributed by atoms with van der Waals surface area (Å²) in [5.74, 6) is -0.531. The van der Waals surface area contributed by atoms with Crippen LogP contribution in [0.25, 0.3) is 10.8 Å². The zero-order chi connectivity index (χ0) is 14.7. The largest absolute Gasteiger partial charge is 0.476 e. The number of carboxylic acids is 1. The number of hydrogen-bond donors (Lipinski definition) is 2. The Kier molecular flexibility index (Phi) is 3.47. The molecule has 21 heavy (non-hydrogen) atoms. The molecule has 0 bridgehead atoms. The van der Waals surface area contributed by atoms with Crippen LogP contribution >= 0.6 is 0 Å². The number of carbonyl (C=O) groups is 1. The number of hydrogen-bond acceptors (Lipinski definition) is 4. The molecular weight excluding hydrogens is 266 g/mol. The maximum Gasteiger partial charge on any atom is 0.356 e. The van der Waals surface area contributed by atoms with Crippen molar-refractivity contribution in [2.24, 2.45) is 0 Å². The fraction of sp³-hybridized carbons (Fsp3) is 0.0625. The van der Waals surface area contributed by atoms with Gasteiger partial charge in [0, 0.05) is 6.54 Å². The molecule has 0 aliphatic heterocycles. The van der Waals surface area contributed by atoms with Crippen LogP contribution in [0.15, 0.2) is 54.9 Å². The van der Waals surface area contributed by atoms with E-state index in [-0.39, 0.29) is 5.69 Å². The third-order valence-electron chi connectivity index (χ3n) is 3.21. The first kappa shape index (κ1) is 13.1. The Morgan fingerprint density at radius 2 is 1.86 bits per heavy atom. The summed E-state index contributed by atoms with van der Waals surface area (Å²) in [6, 6.07) is 14.3. The van der Waals surface area contributed by atoms with Crippen LogP contribution in [0.1, 0.15) is 16.1 Å². The predicted octanol–water partition coefficient (Wildman–Crippen LogP) is 2.94. The van der Waals surface area contributed by atoms with Crippen LogP contribution in [0.4, 0.5) is 5.82 Å². The van der Waals surface area contributed by atoms with Crippen molar-refractivity contribution in [3.05, 3.63) is 66.1 Å². The number of benzene rings is 2.